The van der Waals surface area contributed by atoms with Gasteiger partial charge in [-0.1, -0.05) is 36.8 Å². The van der Waals surface area contributed by atoms with Crippen molar-refractivity contribution in [1.82, 2.24) is 4.98 Å². The zero-order valence-electron chi connectivity index (χ0n) is 11.2. The molecule has 19 heavy (non-hydrogen) atoms. The minimum absolute atomic E-state index is 0.661. The molecule has 0 saturated heterocycles. The second kappa shape index (κ2) is 6.40. The molecular formula is C16H16N2S. The summed E-state index contributed by atoms with van der Waals surface area (Å²) >= 11 is 1.65. The molecule has 0 amide bonds. The van der Waals surface area contributed by atoms with Crippen LogP contribution in [0, 0.1) is 18.3 Å². The zero-order valence-corrected chi connectivity index (χ0v) is 12.0. The molecule has 0 fully saturated rings. The number of benzene rings is 1. The molecule has 0 atom stereocenters. The lowest BCUT2D eigenvalue weighted by atomic mass is 10.1. The Balaban J connectivity index is 2.37. The number of hydrogen-bond donors (Lipinski definition) is 0. The van der Waals surface area contributed by atoms with Crippen LogP contribution in [-0.2, 0) is 0 Å². The summed E-state index contributed by atoms with van der Waals surface area (Å²) < 4.78 is 0. The van der Waals surface area contributed by atoms with Crippen LogP contribution in [-0.4, -0.2) is 10.7 Å². The van der Waals surface area contributed by atoms with Gasteiger partial charge in [-0.3, -0.25) is 0 Å². The summed E-state index contributed by atoms with van der Waals surface area (Å²) in [5, 5.41) is 9.95. The van der Waals surface area contributed by atoms with Gasteiger partial charge in [-0.05, 0) is 31.2 Å². The first-order valence-electron chi connectivity index (χ1n) is 6.35. The Hall–Kier alpha value is -1.79. The standard InChI is InChI=1S/C16H16N2S/c1-3-10-19-16-14(11-17)8-9-15(18-16)13-6-4-12(2)5-7-13/h4-9H,3,10H2,1-2H3. The third-order valence-corrected chi connectivity index (χ3v) is 3.97. The van der Waals surface area contributed by atoms with Crippen molar-refractivity contribution in [2.45, 2.75) is 25.3 Å². The molecule has 2 aromatic rings. The maximum absolute atomic E-state index is 9.11. The van der Waals surface area contributed by atoms with E-state index in [4.69, 9.17) is 5.26 Å². The van der Waals surface area contributed by atoms with Gasteiger partial charge in [0.05, 0.1) is 11.3 Å². The van der Waals surface area contributed by atoms with Crippen LogP contribution in [0.4, 0.5) is 0 Å². The first kappa shape index (κ1) is 13.6. The smallest absolute Gasteiger partial charge is 0.115 e. The Morgan fingerprint density at radius 1 is 1.16 bits per heavy atom. The average molecular weight is 268 g/mol. The molecule has 1 aromatic heterocycles. The third-order valence-electron chi connectivity index (χ3n) is 2.77. The molecule has 1 aromatic carbocycles. The van der Waals surface area contributed by atoms with Crippen LogP contribution in [0.3, 0.4) is 0 Å². The van der Waals surface area contributed by atoms with E-state index in [1.807, 2.05) is 12.1 Å². The zero-order chi connectivity index (χ0) is 13.7. The van der Waals surface area contributed by atoms with E-state index in [2.05, 4.69) is 49.2 Å². The Kier molecular flexibility index (Phi) is 4.59. The van der Waals surface area contributed by atoms with E-state index in [1.165, 1.54) is 5.56 Å². The van der Waals surface area contributed by atoms with Crippen molar-refractivity contribution in [3.63, 3.8) is 0 Å². The predicted molar refractivity (Wildman–Crippen MR) is 80.1 cm³/mol. The van der Waals surface area contributed by atoms with Crippen LogP contribution >= 0.6 is 11.8 Å². The van der Waals surface area contributed by atoms with Gasteiger partial charge in [-0.2, -0.15) is 5.26 Å². The summed E-state index contributed by atoms with van der Waals surface area (Å²) in [6.07, 6.45) is 1.08. The number of thioether (sulfide) groups is 1. The number of rotatable bonds is 4. The van der Waals surface area contributed by atoms with Gasteiger partial charge in [-0.25, -0.2) is 4.98 Å². The highest BCUT2D eigenvalue weighted by Crippen LogP contribution is 2.25. The Bertz CT molecular complexity index is 597. The summed E-state index contributed by atoms with van der Waals surface area (Å²) in [5.74, 6) is 0.985. The van der Waals surface area contributed by atoms with E-state index < -0.39 is 0 Å². The highest BCUT2D eigenvalue weighted by molar-refractivity contribution is 7.99. The Morgan fingerprint density at radius 2 is 1.89 bits per heavy atom. The number of nitrogens with zero attached hydrogens (tertiary/aromatic N) is 2. The van der Waals surface area contributed by atoms with E-state index in [0.29, 0.717) is 5.56 Å². The molecule has 1 heterocycles. The van der Waals surface area contributed by atoms with Gasteiger partial charge in [0.25, 0.3) is 0 Å². The molecule has 96 valence electrons. The molecule has 0 aliphatic rings. The fourth-order valence-corrected chi connectivity index (χ4v) is 2.55. The molecule has 2 nitrogen and oxygen atoms in total. The van der Waals surface area contributed by atoms with Crippen molar-refractivity contribution in [3.8, 4) is 17.3 Å². The van der Waals surface area contributed by atoms with Crippen molar-refractivity contribution in [2.24, 2.45) is 0 Å². The number of aromatic nitrogens is 1. The lowest BCUT2D eigenvalue weighted by Gasteiger charge is -2.06. The van der Waals surface area contributed by atoms with Crippen molar-refractivity contribution in [3.05, 3.63) is 47.5 Å². The Labute approximate surface area is 118 Å². The molecule has 0 bridgehead atoms. The van der Waals surface area contributed by atoms with Crippen LogP contribution in [0.25, 0.3) is 11.3 Å². The fourth-order valence-electron chi connectivity index (χ4n) is 1.72. The van der Waals surface area contributed by atoms with Crippen molar-refractivity contribution in [1.29, 1.82) is 5.26 Å². The van der Waals surface area contributed by atoms with E-state index in [-0.39, 0.29) is 0 Å². The van der Waals surface area contributed by atoms with Gasteiger partial charge in [0.1, 0.15) is 11.1 Å². The summed E-state index contributed by atoms with van der Waals surface area (Å²) in [6.45, 7) is 4.20. The van der Waals surface area contributed by atoms with Crippen LogP contribution in [0.15, 0.2) is 41.4 Å². The number of nitriles is 1. The first-order chi connectivity index (χ1) is 9.24. The molecule has 2 rings (SSSR count). The van der Waals surface area contributed by atoms with Crippen molar-refractivity contribution < 1.29 is 0 Å². The van der Waals surface area contributed by atoms with Crippen LogP contribution in [0.5, 0.6) is 0 Å². The topological polar surface area (TPSA) is 36.7 Å². The average Bonchev–Trinajstić information content (AvgIpc) is 2.45. The van der Waals surface area contributed by atoms with Gasteiger partial charge in [-0.15, -0.1) is 11.8 Å². The van der Waals surface area contributed by atoms with E-state index in [9.17, 15) is 0 Å². The van der Waals surface area contributed by atoms with Crippen LogP contribution in [0.1, 0.15) is 24.5 Å². The molecule has 0 aliphatic carbocycles. The Morgan fingerprint density at radius 3 is 2.53 bits per heavy atom. The monoisotopic (exact) mass is 268 g/mol. The first-order valence-corrected chi connectivity index (χ1v) is 7.34. The normalized spacial score (nSPS) is 10.2. The quantitative estimate of drug-likeness (QED) is 0.770. The molecule has 0 saturated carbocycles. The third kappa shape index (κ3) is 3.36. The molecule has 0 N–H and O–H groups in total. The van der Waals surface area contributed by atoms with Crippen LogP contribution < -0.4 is 0 Å². The fraction of sp³-hybridized carbons (Fsp3) is 0.250. The number of hydrogen-bond acceptors (Lipinski definition) is 3. The van der Waals surface area contributed by atoms with E-state index >= 15 is 0 Å². The maximum Gasteiger partial charge on any atom is 0.115 e. The summed E-state index contributed by atoms with van der Waals surface area (Å²) in [7, 11) is 0. The maximum atomic E-state index is 9.11. The van der Waals surface area contributed by atoms with Gasteiger partial charge < -0.3 is 0 Å². The largest absolute Gasteiger partial charge is 0.240 e. The molecule has 0 spiro atoms. The summed E-state index contributed by atoms with van der Waals surface area (Å²) in [6, 6.07) is 14.3. The van der Waals surface area contributed by atoms with Gasteiger partial charge in [0.2, 0.25) is 0 Å². The highest BCUT2D eigenvalue weighted by atomic mass is 32.2. The molecular weight excluding hydrogens is 252 g/mol. The minimum atomic E-state index is 0.661. The van der Waals surface area contributed by atoms with Gasteiger partial charge in [0.15, 0.2) is 0 Å². The van der Waals surface area contributed by atoms with Gasteiger partial charge >= 0.3 is 0 Å². The van der Waals surface area contributed by atoms with E-state index in [0.717, 1.165) is 28.5 Å². The lowest BCUT2D eigenvalue weighted by molar-refractivity contribution is 1.08. The highest BCUT2D eigenvalue weighted by Gasteiger charge is 2.07. The van der Waals surface area contributed by atoms with Crippen LogP contribution in [0.2, 0.25) is 0 Å². The SMILES string of the molecule is CCCSc1nc(-c2ccc(C)cc2)ccc1C#N. The second-order valence-electron chi connectivity index (χ2n) is 4.38. The number of pyridine rings is 1. The molecule has 3 heteroatoms. The molecule has 0 unspecified atom stereocenters. The minimum Gasteiger partial charge on any atom is -0.240 e. The van der Waals surface area contributed by atoms with E-state index in [1.54, 1.807) is 11.8 Å². The molecule has 0 aliphatic heterocycles. The molecule has 0 radical (unpaired) electrons. The van der Waals surface area contributed by atoms with Crippen molar-refractivity contribution in [2.75, 3.05) is 5.75 Å². The van der Waals surface area contributed by atoms with Gasteiger partial charge in [0, 0.05) is 5.56 Å². The lowest BCUT2D eigenvalue weighted by Crippen LogP contribution is -1.91. The summed E-state index contributed by atoms with van der Waals surface area (Å²) in [5.41, 5.74) is 3.92. The number of aryl methyl sites for hydroxylation is 1. The summed E-state index contributed by atoms with van der Waals surface area (Å²) in [4.78, 5) is 4.62. The second-order valence-corrected chi connectivity index (χ2v) is 5.46. The van der Waals surface area contributed by atoms with Crippen molar-refractivity contribution >= 4 is 11.8 Å². The predicted octanol–water partition coefficient (Wildman–Crippen LogP) is 4.43.